The van der Waals surface area contributed by atoms with Gasteiger partial charge in [-0.05, 0) is 30.9 Å². The molecule has 5 heteroatoms. The first-order chi connectivity index (χ1) is 9.83. The highest BCUT2D eigenvalue weighted by atomic mass is 16.5. The van der Waals surface area contributed by atoms with Crippen LogP contribution in [0.15, 0.2) is 41.1 Å². The first-order valence-corrected chi connectivity index (χ1v) is 6.76. The minimum atomic E-state index is -0.115. The van der Waals surface area contributed by atoms with Gasteiger partial charge in [-0.2, -0.15) is 4.98 Å². The van der Waals surface area contributed by atoms with Crippen molar-refractivity contribution in [1.29, 1.82) is 0 Å². The van der Waals surface area contributed by atoms with Gasteiger partial charge < -0.3 is 10.3 Å². The number of fused-ring (bicyclic) bond motifs is 1. The van der Waals surface area contributed by atoms with Gasteiger partial charge in [-0.3, -0.25) is 4.98 Å². The van der Waals surface area contributed by atoms with Crippen LogP contribution in [0.4, 0.5) is 0 Å². The van der Waals surface area contributed by atoms with E-state index in [9.17, 15) is 0 Å². The molecule has 0 radical (unpaired) electrons. The summed E-state index contributed by atoms with van der Waals surface area (Å²) in [5.41, 5.74) is 7.82. The van der Waals surface area contributed by atoms with Crippen LogP contribution in [0, 0.1) is 5.92 Å². The van der Waals surface area contributed by atoms with Crippen molar-refractivity contribution < 1.29 is 4.52 Å². The predicted octanol–water partition coefficient (Wildman–Crippen LogP) is 2.69. The van der Waals surface area contributed by atoms with E-state index in [0.717, 1.165) is 29.3 Å². The molecule has 4 rings (SSSR count). The molecular formula is C15H14N4O. The van der Waals surface area contributed by atoms with Gasteiger partial charge in [0.25, 0.3) is 5.89 Å². The Hall–Kier alpha value is -2.27. The molecule has 20 heavy (non-hydrogen) atoms. The lowest BCUT2D eigenvalue weighted by Crippen LogP contribution is -2.13. The van der Waals surface area contributed by atoms with E-state index in [2.05, 4.69) is 15.1 Å². The molecule has 2 aromatic heterocycles. The van der Waals surface area contributed by atoms with Crippen LogP contribution < -0.4 is 5.73 Å². The molecule has 1 fully saturated rings. The Labute approximate surface area is 115 Å². The minimum absolute atomic E-state index is 0.115. The second-order valence-corrected chi connectivity index (χ2v) is 5.20. The average molecular weight is 266 g/mol. The van der Waals surface area contributed by atoms with Gasteiger partial charge >= 0.3 is 0 Å². The molecule has 1 saturated carbocycles. The number of rotatable bonds is 3. The Balaban J connectivity index is 1.79. The van der Waals surface area contributed by atoms with Gasteiger partial charge in [0.15, 0.2) is 5.82 Å². The van der Waals surface area contributed by atoms with Gasteiger partial charge in [-0.25, -0.2) is 0 Å². The number of nitrogens with zero attached hydrogens (tertiary/aromatic N) is 3. The highest BCUT2D eigenvalue weighted by molar-refractivity contribution is 5.91. The monoisotopic (exact) mass is 266 g/mol. The van der Waals surface area contributed by atoms with Crippen LogP contribution in [0.25, 0.3) is 22.4 Å². The second-order valence-electron chi connectivity index (χ2n) is 5.20. The molecule has 1 unspecified atom stereocenters. The van der Waals surface area contributed by atoms with Crippen LogP contribution in [0.2, 0.25) is 0 Å². The maximum atomic E-state index is 6.10. The first kappa shape index (κ1) is 11.5. The summed E-state index contributed by atoms with van der Waals surface area (Å²) in [6.45, 7) is 0. The summed E-state index contributed by atoms with van der Waals surface area (Å²) in [4.78, 5) is 8.85. The van der Waals surface area contributed by atoms with Gasteiger partial charge in [0, 0.05) is 11.6 Å². The van der Waals surface area contributed by atoms with Gasteiger partial charge in [0.2, 0.25) is 0 Å². The third kappa shape index (κ3) is 1.87. The first-order valence-electron chi connectivity index (χ1n) is 6.76. The van der Waals surface area contributed by atoms with Crippen LogP contribution in [0.1, 0.15) is 24.7 Å². The van der Waals surface area contributed by atoms with Crippen molar-refractivity contribution in [2.45, 2.75) is 18.9 Å². The van der Waals surface area contributed by atoms with Crippen LogP contribution in [0.3, 0.4) is 0 Å². The van der Waals surface area contributed by atoms with Crippen molar-refractivity contribution in [1.82, 2.24) is 15.1 Å². The van der Waals surface area contributed by atoms with Gasteiger partial charge in [-0.15, -0.1) is 0 Å². The van der Waals surface area contributed by atoms with E-state index in [1.54, 1.807) is 6.20 Å². The fourth-order valence-electron chi connectivity index (χ4n) is 2.42. The summed E-state index contributed by atoms with van der Waals surface area (Å²) in [6.07, 6.45) is 4.07. The summed E-state index contributed by atoms with van der Waals surface area (Å²) < 4.78 is 5.38. The third-order valence-electron chi connectivity index (χ3n) is 3.73. The topological polar surface area (TPSA) is 77.8 Å². The van der Waals surface area contributed by atoms with E-state index < -0.39 is 0 Å². The lowest BCUT2D eigenvalue weighted by atomic mass is 10.1. The molecular weight excluding hydrogens is 252 g/mol. The van der Waals surface area contributed by atoms with E-state index in [4.69, 9.17) is 10.3 Å². The maximum Gasteiger partial charge on any atom is 0.260 e. The molecule has 100 valence electrons. The summed E-state index contributed by atoms with van der Waals surface area (Å²) in [7, 11) is 0. The molecule has 3 aromatic rings. The molecule has 0 spiro atoms. The Morgan fingerprint density at radius 1 is 1.20 bits per heavy atom. The Morgan fingerprint density at radius 2 is 2.05 bits per heavy atom. The summed E-state index contributed by atoms with van der Waals surface area (Å²) in [5, 5.41) is 5.07. The SMILES string of the molecule is NC(c1noc(-c2cccc3cccnc23)n1)C1CC1. The van der Waals surface area contributed by atoms with E-state index >= 15 is 0 Å². The zero-order valence-corrected chi connectivity index (χ0v) is 10.9. The number of pyridine rings is 1. The van der Waals surface area contributed by atoms with Crippen molar-refractivity contribution in [3.63, 3.8) is 0 Å². The number of nitrogens with two attached hydrogens (primary N) is 1. The highest BCUT2D eigenvalue weighted by Crippen LogP contribution is 2.39. The van der Waals surface area contributed by atoms with Gasteiger partial charge in [0.05, 0.1) is 17.1 Å². The standard InChI is InChI=1S/C15H14N4O/c16-12(9-6-7-9)14-18-15(20-19-14)11-5-1-3-10-4-2-8-17-13(10)11/h1-5,8-9,12H,6-7,16H2. The smallest absolute Gasteiger partial charge is 0.260 e. The van der Waals surface area contributed by atoms with Crippen molar-refractivity contribution in [2.24, 2.45) is 11.7 Å². The van der Waals surface area contributed by atoms with Gasteiger partial charge in [-0.1, -0.05) is 23.4 Å². The zero-order chi connectivity index (χ0) is 13.5. The van der Waals surface area contributed by atoms with Gasteiger partial charge in [0.1, 0.15) is 0 Å². The van der Waals surface area contributed by atoms with Crippen LogP contribution in [-0.4, -0.2) is 15.1 Å². The van der Waals surface area contributed by atoms with Crippen LogP contribution >= 0.6 is 0 Å². The molecule has 2 heterocycles. The lowest BCUT2D eigenvalue weighted by Gasteiger charge is -2.02. The van der Waals surface area contributed by atoms with Crippen molar-refractivity contribution in [3.05, 3.63) is 42.4 Å². The average Bonchev–Trinajstić information content (AvgIpc) is 3.23. The van der Waals surface area contributed by atoms with Crippen molar-refractivity contribution >= 4 is 10.9 Å². The molecule has 0 aliphatic heterocycles. The third-order valence-corrected chi connectivity index (χ3v) is 3.73. The zero-order valence-electron chi connectivity index (χ0n) is 10.9. The van der Waals surface area contributed by atoms with Crippen LogP contribution in [0.5, 0.6) is 0 Å². The number of hydrogen-bond donors (Lipinski definition) is 1. The molecule has 0 amide bonds. The van der Waals surface area contributed by atoms with E-state index in [1.807, 2.05) is 30.3 Å². The normalized spacial score (nSPS) is 16.4. The number of benzene rings is 1. The molecule has 5 nitrogen and oxygen atoms in total. The summed E-state index contributed by atoms with van der Waals surface area (Å²) >= 11 is 0. The predicted molar refractivity (Wildman–Crippen MR) is 74.7 cm³/mol. The lowest BCUT2D eigenvalue weighted by molar-refractivity contribution is 0.412. The Bertz CT molecular complexity index is 758. The van der Waals surface area contributed by atoms with Crippen LogP contribution in [-0.2, 0) is 0 Å². The van der Waals surface area contributed by atoms with E-state index in [-0.39, 0.29) is 6.04 Å². The highest BCUT2D eigenvalue weighted by Gasteiger charge is 2.32. The molecule has 2 N–H and O–H groups in total. The molecule has 0 bridgehead atoms. The number of para-hydroxylation sites is 1. The maximum absolute atomic E-state index is 6.10. The molecule has 0 saturated heterocycles. The van der Waals surface area contributed by atoms with Crippen molar-refractivity contribution in [3.8, 4) is 11.5 Å². The largest absolute Gasteiger partial charge is 0.334 e. The molecule has 1 aliphatic carbocycles. The Morgan fingerprint density at radius 3 is 2.90 bits per heavy atom. The summed E-state index contributed by atoms with van der Waals surface area (Å²) in [6, 6.07) is 9.72. The minimum Gasteiger partial charge on any atom is -0.334 e. The quantitative estimate of drug-likeness (QED) is 0.788. The molecule has 1 atom stereocenters. The second kappa shape index (κ2) is 4.38. The fourth-order valence-corrected chi connectivity index (χ4v) is 2.42. The van der Waals surface area contributed by atoms with E-state index in [0.29, 0.717) is 17.6 Å². The number of hydrogen-bond acceptors (Lipinski definition) is 5. The van der Waals surface area contributed by atoms with Crippen molar-refractivity contribution in [2.75, 3.05) is 0 Å². The number of aromatic nitrogens is 3. The molecule has 1 aromatic carbocycles. The fraction of sp³-hybridized carbons (Fsp3) is 0.267. The van der Waals surface area contributed by atoms with E-state index in [1.165, 1.54) is 0 Å². The summed E-state index contributed by atoms with van der Waals surface area (Å²) in [5.74, 6) is 1.59. The Kier molecular flexibility index (Phi) is 2.53. The molecule has 1 aliphatic rings.